The van der Waals surface area contributed by atoms with Gasteiger partial charge in [-0.3, -0.25) is 0 Å². The highest BCUT2D eigenvalue weighted by Gasteiger charge is 2.15. The van der Waals surface area contributed by atoms with Gasteiger partial charge in [0.15, 0.2) is 0 Å². The molecule has 0 bridgehead atoms. The topological polar surface area (TPSA) is 21.3 Å². The molecule has 0 aliphatic rings. The first kappa shape index (κ1) is 14.7. The summed E-state index contributed by atoms with van der Waals surface area (Å²) in [6.07, 6.45) is 0.803. The summed E-state index contributed by atoms with van der Waals surface area (Å²) >= 11 is 13.6. The number of halogens is 2. The van der Waals surface area contributed by atoms with Gasteiger partial charge in [-0.25, -0.2) is 0 Å². The number of rotatable bonds is 5. The van der Waals surface area contributed by atoms with E-state index < -0.39 is 0 Å². The zero-order valence-corrected chi connectivity index (χ0v) is 13.1. The van der Waals surface area contributed by atoms with Gasteiger partial charge < -0.3 is 10.1 Å². The van der Waals surface area contributed by atoms with Crippen LogP contribution in [0.1, 0.15) is 16.5 Å². The Morgan fingerprint density at radius 1 is 1.26 bits per heavy atom. The lowest BCUT2D eigenvalue weighted by Crippen LogP contribution is -2.18. The molecular weight excluding hydrogens is 301 g/mol. The van der Waals surface area contributed by atoms with Crippen LogP contribution < -0.4 is 10.1 Å². The van der Waals surface area contributed by atoms with Crippen molar-refractivity contribution in [1.82, 2.24) is 5.32 Å². The molecule has 1 heterocycles. The summed E-state index contributed by atoms with van der Waals surface area (Å²) in [6.45, 7) is 0. The third-order valence-corrected chi connectivity index (χ3v) is 4.53. The Bertz CT molecular complexity index is 556. The number of hydrogen-bond donors (Lipinski definition) is 1. The normalized spacial score (nSPS) is 12.4. The summed E-state index contributed by atoms with van der Waals surface area (Å²) in [5.74, 6) is 0.854. The molecule has 0 saturated carbocycles. The lowest BCUT2D eigenvalue weighted by atomic mass is 10.0. The van der Waals surface area contributed by atoms with Crippen LogP contribution in [0.3, 0.4) is 0 Å². The van der Waals surface area contributed by atoms with Gasteiger partial charge in [-0.2, -0.15) is 0 Å². The molecule has 2 nitrogen and oxygen atoms in total. The van der Waals surface area contributed by atoms with E-state index in [1.54, 1.807) is 18.4 Å². The Hall–Kier alpha value is -0.740. The number of likely N-dealkylation sites (N-methyl/N-ethyl adjacent to an activating group) is 1. The fourth-order valence-corrected chi connectivity index (χ4v) is 3.35. The third kappa shape index (κ3) is 3.63. The van der Waals surface area contributed by atoms with Crippen LogP contribution >= 0.6 is 34.5 Å². The average Bonchev–Trinajstić information content (AvgIpc) is 2.82. The van der Waals surface area contributed by atoms with Crippen LogP contribution in [0.15, 0.2) is 30.3 Å². The number of thiophene rings is 1. The minimum Gasteiger partial charge on any atom is -0.496 e. The number of ether oxygens (including phenoxy) is 1. The van der Waals surface area contributed by atoms with Crippen LogP contribution in [0.5, 0.6) is 5.75 Å². The highest BCUT2D eigenvalue weighted by Crippen LogP contribution is 2.32. The van der Waals surface area contributed by atoms with Crippen LogP contribution in [0.25, 0.3) is 0 Å². The molecule has 1 unspecified atom stereocenters. The standard InChI is InChI=1S/C14H15Cl2NOS/c1-17-11(13-5-6-14(16)19-13)8-9-7-10(15)3-4-12(9)18-2/h3-7,11,17H,8H2,1-2H3. The van der Waals surface area contributed by atoms with Crippen molar-refractivity contribution < 1.29 is 4.74 Å². The molecule has 19 heavy (non-hydrogen) atoms. The Morgan fingerprint density at radius 2 is 2.05 bits per heavy atom. The Labute approximate surface area is 127 Å². The van der Waals surface area contributed by atoms with E-state index in [0.717, 1.165) is 27.1 Å². The molecular formula is C14H15Cl2NOS. The van der Waals surface area contributed by atoms with Gasteiger partial charge in [-0.05, 0) is 49.4 Å². The highest BCUT2D eigenvalue weighted by molar-refractivity contribution is 7.16. The van der Waals surface area contributed by atoms with Crippen molar-refractivity contribution in [2.24, 2.45) is 0 Å². The van der Waals surface area contributed by atoms with E-state index in [2.05, 4.69) is 5.32 Å². The molecule has 0 aliphatic heterocycles. The Morgan fingerprint density at radius 3 is 2.63 bits per heavy atom. The van der Waals surface area contributed by atoms with Gasteiger partial charge in [0.2, 0.25) is 0 Å². The van der Waals surface area contributed by atoms with E-state index >= 15 is 0 Å². The molecule has 0 fully saturated rings. The summed E-state index contributed by atoms with van der Waals surface area (Å²) in [5, 5.41) is 4.02. The van der Waals surface area contributed by atoms with E-state index in [9.17, 15) is 0 Å². The smallest absolute Gasteiger partial charge is 0.122 e. The molecule has 0 spiro atoms. The first-order chi connectivity index (χ1) is 9.13. The first-order valence-electron chi connectivity index (χ1n) is 5.89. The number of hydrogen-bond acceptors (Lipinski definition) is 3. The van der Waals surface area contributed by atoms with Gasteiger partial charge in [-0.15, -0.1) is 11.3 Å². The second kappa shape index (κ2) is 6.62. The van der Waals surface area contributed by atoms with Gasteiger partial charge in [0.05, 0.1) is 11.4 Å². The average molecular weight is 316 g/mol. The van der Waals surface area contributed by atoms with E-state index in [0.29, 0.717) is 0 Å². The molecule has 2 aromatic rings. The van der Waals surface area contributed by atoms with Crippen molar-refractivity contribution in [1.29, 1.82) is 0 Å². The minimum absolute atomic E-state index is 0.199. The number of benzene rings is 1. The van der Waals surface area contributed by atoms with Crippen molar-refractivity contribution in [3.8, 4) is 5.75 Å². The second-order valence-corrected chi connectivity index (χ2v) is 6.33. The van der Waals surface area contributed by atoms with E-state index in [4.69, 9.17) is 27.9 Å². The van der Waals surface area contributed by atoms with Gasteiger partial charge in [0.1, 0.15) is 5.75 Å². The molecule has 0 aliphatic carbocycles. The Kier molecular flexibility index (Phi) is 5.11. The fourth-order valence-electron chi connectivity index (χ4n) is 1.99. The predicted molar refractivity (Wildman–Crippen MR) is 82.8 cm³/mol. The lowest BCUT2D eigenvalue weighted by molar-refractivity contribution is 0.406. The van der Waals surface area contributed by atoms with E-state index in [-0.39, 0.29) is 6.04 Å². The summed E-state index contributed by atoms with van der Waals surface area (Å²) in [5.41, 5.74) is 1.08. The number of methoxy groups -OCH3 is 1. The quantitative estimate of drug-likeness (QED) is 0.872. The van der Waals surface area contributed by atoms with Crippen molar-refractivity contribution in [2.45, 2.75) is 12.5 Å². The van der Waals surface area contributed by atoms with Crippen molar-refractivity contribution in [2.75, 3.05) is 14.2 Å². The number of nitrogens with one attached hydrogen (secondary N) is 1. The minimum atomic E-state index is 0.199. The first-order valence-corrected chi connectivity index (χ1v) is 7.46. The summed E-state index contributed by atoms with van der Waals surface area (Å²) in [4.78, 5) is 1.20. The van der Waals surface area contributed by atoms with Gasteiger partial charge >= 0.3 is 0 Å². The zero-order chi connectivity index (χ0) is 13.8. The molecule has 1 aromatic carbocycles. The van der Waals surface area contributed by atoms with Crippen LogP contribution in [0.2, 0.25) is 9.36 Å². The summed E-state index contributed by atoms with van der Waals surface area (Å²) in [7, 11) is 3.61. The monoisotopic (exact) mass is 315 g/mol. The maximum absolute atomic E-state index is 6.06. The summed E-state index contributed by atoms with van der Waals surface area (Å²) in [6, 6.07) is 9.84. The van der Waals surface area contributed by atoms with Crippen molar-refractivity contribution in [3.05, 3.63) is 50.1 Å². The van der Waals surface area contributed by atoms with Crippen LogP contribution in [-0.4, -0.2) is 14.2 Å². The molecule has 5 heteroatoms. The third-order valence-electron chi connectivity index (χ3n) is 2.95. The fraction of sp³-hybridized carbons (Fsp3) is 0.286. The van der Waals surface area contributed by atoms with E-state index in [1.165, 1.54) is 4.88 Å². The van der Waals surface area contributed by atoms with Crippen LogP contribution in [0, 0.1) is 0 Å². The molecule has 102 valence electrons. The predicted octanol–water partition coefficient (Wildman–Crippen LogP) is 4.57. The van der Waals surface area contributed by atoms with Gasteiger partial charge in [-0.1, -0.05) is 23.2 Å². The van der Waals surface area contributed by atoms with Crippen molar-refractivity contribution in [3.63, 3.8) is 0 Å². The molecule has 1 atom stereocenters. The zero-order valence-electron chi connectivity index (χ0n) is 10.7. The largest absolute Gasteiger partial charge is 0.496 e. The summed E-state index contributed by atoms with van der Waals surface area (Å²) < 4.78 is 6.18. The Balaban J connectivity index is 2.25. The SMILES string of the molecule is CNC(Cc1cc(Cl)ccc1OC)c1ccc(Cl)s1. The van der Waals surface area contributed by atoms with Gasteiger partial charge in [0.25, 0.3) is 0 Å². The van der Waals surface area contributed by atoms with Gasteiger partial charge in [0, 0.05) is 15.9 Å². The molecule has 0 amide bonds. The molecule has 0 saturated heterocycles. The maximum Gasteiger partial charge on any atom is 0.122 e. The molecule has 1 aromatic heterocycles. The molecule has 2 rings (SSSR count). The maximum atomic E-state index is 6.06. The molecule has 1 N–H and O–H groups in total. The lowest BCUT2D eigenvalue weighted by Gasteiger charge is -2.17. The molecule has 0 radical (unpaired) electrons. The van der Waals surface area contributed by atoms with Crippen LogP contribution in [-0.2, 0) is 6.42 Å². The van der Waals surface area contributed by atoms with E-state index in [1.807, 2.05) is 37.4 Å². The second-order valence-electron chi connectivity index (χ2n) is 4.14. The highest BCUT2D eigenvalue weighted by atomic mass is 35.5. The van der Waals surface area contributed by atoms with Crippen LogP contribution in [0.4, 0.5) is 0 Å². The van der Waals surface area contributed by atoms with Crippen molar-refractivity contribution >= 4 is 34.5 Å².